The van der Waals surface area contributed by atoms with Crippen LogP contribution in [-0.2, 0) is 9.53 Å². The molecule has 2 saturated carbocycles. The van der Waals surface area contributed by atoms with Crippen molar-refractivity contribution >= 4 is 5.97 Å². The number of hydrogen-bond donors (Lipinski definition) is 2. The first-order valence-electron chi connectivity index (χ1n) is 6.45. The van der Waals surface area contributed by atoms with Gasteiger partial charge in [-0.2, -0.15) is 0 Å². The Morgan fingerprint density at radius 2 is 2.06 bits per heavy atom. The molecule has 2 fully saturated rings. The average Bonchev–Trinajstić information content (AvgIpc) is 2.22. The number of carbonyl (C=O) groups is 1. The van der Waals surface area contributed by atoms with Gasteiger partial charge in [0.25, 0.3) is 0 Å². The van der Waals surface area contributed by atoms with Crippen molar-refractivity contribution in [2.24, 2.45) is 5.41 Å². The van der Waals surface area contributed by atoms with Gasteiger partial charge in [0, 0.05) is 13.3 Å². The predicted molar refractivity (Wildman–Crippen MR) is 62.3 cm³/mol. The zero-order valence-electron chi connectivity index (χ0n) is 10.6. The molecule has 4 nitrogen and oxygen atoms in total. The number of hydrogen-bond acceptors (Lipinski definition) is 4. The Hall–Kier alpha value is -0.610. The Morgan fingerprint density at radius 3 is 2.71 bits per heavy atom. The molecule has 0 heterocycles. The first-order valence-corrected chi connectivity index (χ1v) is 6.45. The maximum Gasteiger partial charge on any atom is 0.302 e. The minimum absolute atomic E-state index is 0.235. The number of ether oxygens (including phenoxy) is 1. The van der Waals surface area contributed by atoms with E-state index in [1.807, 2.05) is 6.92 Å². The zero-order valence-corrected chi connectivity index (χ0v) is 10.6. The van der Waals surface area contributed by atoms with Crippen molar-refractivity contribution in [3.8, 4) is 0 Å². The van der Waals surface area contributed by atoms with E-state index in [4.69, 9.17) is 4.74 Å². The number of fused-ring (bicyclic) bond motifs is 1. The molecule has 0 aromatic heterocycles. The molecule has 0 aromatic carbocycles. The summed E-state index contributed by atoms with van der Waals surface area (Å²) in [5.74, 6) is -0.312. The fourth-order valence-corrected chi connectivity index (χ4v) is 3.53. The highest BCUT2D eigenvalue weighted by Crippen LogP contribution is 2.53. The minimum atomic E-state index is -1.09. The van der Waals surface area contributed by atoms with Crippen molar-refractivity contribution in [3.63, 3.8) is 0 Å². The second-order valence-corrected chi connectivity index (χ2v) is 5.87. The van der Waals surface area contributed by atoms with Crippen LogP contribution >= 0.6 is 0 Å². The lowest BCUT2D eigenvalue weighted by molar-refractivity contribution is -0.219. The monoisotopic (exact) mass is 242 g/mol. The summed E-state index contributed by atoms with van der Waals surface area (Å²) in [5, 5.41) is 20.9. The molecule has 0 aliphatic heterocycles. The Bertz CT molecular complexity index is 317. The van der Waals surface area contributed by atoms with Gasteiger partial charge in [-0.3, -0.25) is 4.79 Å². The van der Waals surface area contributed by atoms with Crippen molar-refractivity contribution in [1.29, 1.82) is 0 Å². The second-order valence-electron chi connectivity index (χ2n) is 5.87. The van der Waals surface area contributed by atoms with Gasteiger partial charge in [-0.05, 0) is 31.1 Å². The maximum atomic E-state index is 11.0. The van der Waals surface area contributed by atoms with E-state index in [-0.39, 0.29) is 17.5 Å². The molecule has 0 bridgehead atoms. The summed E-state index contributed by atoms with van der Waals surface area (Å²) in [6.07, 6.45) is 3.54. The van der Waals surface area contributed by atoms with Crippen LogP contribution in [0.25, 0.3) is 0 Å². The van der Waals surface area contributed by atoms with Crippen molar-refractivity contribution in [2.75, 3.05) is 0 Å². The fourth-order valence-electron chi connectivity index (χ4n) is 3.53. The van der Waals surface area contributed by atoms with E-state index >= 15 is 0 Å². The van der Waals surface area contributed by atoms with Crippen molar-refractivity contribution in [3.05, 3.63) is 0 Å². The van der Waals surface area contributed by atoms with E-state index in [0.29, 0.717) is 12.8 Å². The maximum absolute atomic E-state index is 11.0. The molecule has 4 atom stereocenters. The fraction of sp³-hybridized carbons (Fsp3) is 0.923. The van der Waals surface area contributed by atoms with E-state index < -0.39 is 11.7 Å². The van der Waals surface area contributed by atoms with Crippen molar-refractivity contribution < 1.29 is 19.7 Å². The van der Waals surface area contributed by atoms with Gasteiger partial charge in [0.05, 0.1) is 11.7 Å². The van der Waals surface area contributed by atoms with Crippen LogP contribution < -0.4 is 0 Å². The summed E-state index contributed by atoms with van der Waals surface area (Å²) in [5.41, 5.74) is -1.33. The van der Waals surface area contributed by atoms with Crippen molar-refractivity contribution in [1.82, 2.24) is 0 Å². The second kappa shape index (κ2) is 4.25. The first-order chi connectivity index (χ1) is 7.87. The van der Waals surface area contributed by atoms with Gasteiger partial charge in [0.1, 0.15) is 6.10 Å². The van der Waals surface area contributed by atoms with Crippen LogP contribution in [0.2, 0.25) is 0 Å². The van der Waals surface area contributed by atoms with Gasteiger partial charge < -0.3 is 14.9 Å². The van der Waals surface area contributed by atoms with Gasteiger partial charge in [0.2, 0.25) is 0 Å². The van der Waals surface area contributed by atoms with E-state index in [9.17, 15) is 15.0 Å². The zero-order chi connectivity index (χ0) is 12.7. The molecular formula is C13H22O4. The summed E-state index contributed by atoms with van der Waals surface area (Å²) in [6.45, 7) is 3.43. The third-order valence-electron chi connectivity index (χ3n) is 4.69. The van der Waals surface area contributed by atoms with Gasteiger partial charge in [-0.15, -0.1) is 0 Å². The van der Waals surface area contributed by atoms with Crippen LogP contribution in [0.3, 0.4) is 0 Å². The normalized spacial score (nSPS) is 46.1. The minimum Gasteiger partial charge on any atom is -0.462 e. The third-order valence-corrected chi connectivity index (χ3v) is 4.69. The molecule has 2 aliphatic carbocycles. The summed E-state index contributed by atoms with van der Waals surface area (Å²) in [4.78, 5) is 11.0. The van der Waals surface area contributed by atoms with Gasteiger partial charge in [0.15, 0.2) is 0 Å². The Labute approximate surface area is 102 Å². The SMILES string of the molecule is CC(=O)OC1CCC2(C)CCCC(O)C2(O)C1. The van der Waals surface area contributed by atoms with Crippen LogP contribution in [0, 0.1) is 5.41 Å². The quantitative estimate of drug-likeness (QED) is 0.682. The van der Waals surface area contributed by atoms with Crippen LogP contribution in [0.15, 0.2) is 0 Å². The number of esters is 1. The lowest BCUT2D eigenvalue weighted by Crippen LogP contribution is -2.61. The molecule has 2 N–H and O–H groups in total. The Kier molecular flexibility index (Phi) is 3.21. The number of aliphatic hydroxyl groups is 2. The number of carbonyl (C=O) groups excluding carboxylic acids is 1. The predicted octanol–water partition coefficient (Wildman–Crippen LogP) is 1.38. The van der Waals surface area contributed by atoms with E-state index in [1.165, 1.54) is 6.92 Å². The molecule has 2 rings (SSSR count). The molecule has 17 heavy (non-hydrogen) atoms. The van der Waals surface area contributed by atoms with Crippen LogP contribution in [-0.4, -0.2) is 34.0 Å². The van der Waals surface area contributed by atoms with Crippen LogP contribution in [0.5, 0.6) is 0 Å². The summed E-state index contributed by atoms with van der Waals surface area (Å²) < 4.78 is 5.19. The average molecular weight is 242 g/mol. The van der Waals surface area contributed by atoms with Crippen LogP contribution in [0.4, 0.5) is 0 Å². The summed E-state index contributed by atoms with van der Waals surface area (Å²) in [6, 6.07) is 0. The highest BCUT2D eigenvalue weighted by atomic mass is 16.5. The molecule has 2 aliphatic rings. The van der Waals surface area contributed by atoms with Gasteiger partial charge >= 0.3 is 5.97 Å². The molecule has 98 valence electrons. The van der Waals surface area contributed by atoms with E-state index in [2.05, 4.69) is 0 Å². The molecule has 4 unspecified atom stereocenters. The summed E-state index contributed by atoms with van der Waals surface area (Å²) >= 11 is 0. The number of aliphatic hydroxyl groups excluding tert-OH is 1. The molecule has 0 spiro atoms. The highest BCUT2D eigenvalue weighted by Gasteiger charge is 2.57. The molecular weight excluding hydrogens is 220 g/mol. The first kappa shape index (κ1) is 12.8. The van der Waals surface area contributed by atoms with E-state index in [0.717, 1.165) is 25.7 Å². The summed E-state index contributed by atoms with van der Waals surface area (Å²) in [7, 11) is 0. The topological polar surface area (TPSA) is 66.8 Å². The molecule has 0 amide bonds. The molecule has 0 radical (unpaired) electrons. The molecule has 0 saturated heterocycles. The van der Waals surface area contributed by atoms with Crippen molar-refractivity contribution in [2.45, 2.75) is 70.2 Å². The lowest BCUT2D eigenvalue weighted by Gasteiger charge is -2.55. The largest absolute Gasteiger partial charge is 0.462 e. The Balaban J connectivity index is 2.16. The van der Waals surface area contributed by atoms with E-state index in [1.54, 1.807) is 0 Å². The smallest absolute Gasteiger partial charge is 0.302 e. The van der Waals surface area contributed by atoms with Gasteiger partial charge in [-0.25, -0.2) is 0 Å². The third kappa shape index (κ3) is 2.08. The van der Waals surface area contributed by atoms with Crippen LogP contribution in [0.1, 0.15) is 52.4 Å². The highest BCUT2D eigenvalue weighted by molar-refractivity contribution is 5.66. The molecule has 4 heteroatoms. The van der Waals surface area contributed by atoms with Gasteiger partial charge in [-0.1, -0.05) is 13.3 Å². The molecule has 0 aromatic rings. The standard InChI is InChI=1S/C13H22O4/c1-9(14)17-10-5-7-12(2)6-3-4-11(15)13(12,16)8-10/h10-11,15-16H,3-8H2,1-2H3. The number of rotatable bonds is 1. The lowest BCUT2D eigenvalue weighted by atomic mass is 9.56. The Morgan fingerprint density at radius 1 is 1.35 bits per heavy atom.